The van der Waals surface area contributed by atoms with Gasteiger partial charge in [0, 0.05) is 17.3 Å². The van der Waals surface area contributed by atoms with Gasteiger partial charge in [0.15, 0.2) is 0 Å². The van der Waals surface area contributed by atoms with E-state index in [0.29, 0.717) is 0 Å². The highest BCUT2D eigenvalue weighted by atomic mass is 35.5. The molecule has 1 aromatic heterocycles. The molecule has 0 unspecified atom stereocenters. The van der Waals surface area contributed by atoms with Gasteiger partial charge in [0.1, 0.15) is 11.6 Å². The van der Waals surface area contributed by atoms with Crippen LogP contribution in [0.15, 0.2) is 55.0 Å². The van der Waals surface area contributed by atoms with Crippen LogP contribution in [0.5, 0.6) is 0 Å². The van der Waals surface area contributed by atoms with Gasteiger partial charge in [-0.05, 0) is 42.0 Å². The van der Waals surface area contributed by atoms with E-state index in [4.69, 9.17) is 11.6 Å². The Hall–Kier alpha value is -2.20. The average molecular weight is 333 g/mol. The molecule has 0 atom stereocenters. The molecule has 0 saturated carbocycles. The molecule has 118 valence electrons. The summed E-state index contributed by atoms with van der Waals surface area (Å²) in [5.41, 5.74) is 2.11. The molecule has 2 nitrogen and oxygen atoms in total. The molecule has 0 radical (unpaired) electrons. The number of imidazole rings is 1. The zero-order valence-corrected chi connectivity index (χ0v) is 13.5. The highest BCUT2D eigenvalue weighted by Gasteiger charge is 2.28. The average Bonchev–Trinajstić information content (AvgIpc) is 3.01. The minimum Gasteiger partial charge on any atom is -0.302 e. The van der Waals surface area contributed by atoms with E-state index in [0.717, 1.165) is 16.9 Å². The van der Waals surface area contributed by atoms with E-state index in [9.17, 15) is 8.78 Å². The summed E-state index contributed by atoms with van der Waals surface area (Å²) in [7, 11) is 0. The molecule has 23 heavy (non-hydrogen) atoms. The van der Waals surface area contributed by atoms with E-state index in [1.165, 1.54) is 18.2 Å². The van der Waals surface area contributed by atoms with Crippen molar-refractivity contribution in [3.63, 3.8) is 0 Å². The van der Waals surface area contributed by atoms with Crippen molar-refractivity contribution in [2.24, 2.45) is 0 Å². The normalized spacial score (nSPS) is 11.7. The summed E-state index contributed by atoms with van der Waals surface area (Å²) in [6, 6.07) is 10.9. The van der Waals surface area contributed by atoms with Gasteiger partial charge in [0.2, 0.25) is 0 Å². The second-order valence-corrected chi connectivity index (χ2v) is 6.29. The van der Waals surface area contributed by atoms with Crippen molar-refractivity contribution in [3.8, 4) is 5.69 Å². The number of hydrogen-bond donors (Lipinski definition) is 0. The van der Waals surface area contributed by atoms with Crippen LogP contribution in [-0.4, -0.2) is 9.55 Å². The molecule has 1 heterocycles. The van der Waals surface area contributed by atoms with Gasteiger partial charge in [0.25, 0.3) is 0 Å². The van der Waals surface area contributed by atoms with Crippen LogP contribution in [0.4, 0.5) is 8.78 Å². The Morgan fingerprint density at radius 1 is 1.04 bits per heavy atom. The summed E-state index contributed by atoms with van der Waals surface area (Å²) in [6.45, 7) is 4.02. The predicted molar refractivity (Wildman–Crippen MR) is 87.1 cm³/mol. The number of nitrogens with zero attached hydrogens (tertiary/aromatic N) is 2. The molecule has 0 amide bonds. The highest BCUT2D eigenvalue weighted by Crippen LogP contribution is 2.34. The van der Waals surface area contributed by atoms with Gasteiger partial charge in [-0.15, -0.1) is 0 Å². The molecule has 0 aliphatic heterocycles. The SMILES string of the molecule is CC(C)(c1ccc(F)c(Cl)c1)c1cncn1-c1ccc(F)cc1. The van der Waals surface area contributed by atoms with Crippen molar-refractivity contribution < 1.29 is 8.78 Å². The smallest absolute Gasteiger partial charge is 0.141 e. The number of rotatable bonds is 3. The third-order valence-electron chi connectivity index (χ3n) is 4.02. The summed E-state index contributed by atoms with van der Waals surface area (Å²) < 4.78 is 28.4. The standard InChI is InChI=1S/C18H15ClF2N2/c1-18(2,12-3-8-16(21)15(19)9-12)17-10-22-11-23(17)14-6-4-13(20)5-7-14/h3-11H,1-2H3. The van der Waals surface area contributed by atoms with Crippen LogP contribution in [0, 0.1) is 11.6 Å². The molecule has 0 aliphatic rings. The van der Waals surface area contributed by atoms with Crippen molar-refractivity contribution in [2.45, 2.75) is 19.3 Å². The van der Waals surface area contributed by atoms with Crippen LogP contribution < -0.4 is 0 Å². The molecular weight excluding hydrogens is 318 g/mol. The summed E-state index contributed by atoms with van der Waals surface area (Å²) >= 11 is 5.92. The van der Waals surface area contributed by atoms with Gasteiger partial charge in [-0.3, -0.25) is 0 Å². The minimum atomic E-state index is -0.456. The fraction of sp³-hybridized carbons (Fsp3) is 0.167. The monoisotopic (exact) mass is 332 g/mol. The molecule has 2 aromatic carbocycles. The zero-order valence-electron chi connectivity index (χ0n) is 12.7. The molecule has 0 aliphatic carbocycles. The Labute approximate surface area is 138 Å². The zero-order chi connectivity index (χ0) is 16.6. The lowest BCUT2D eigenvalue weighted by molar-refractivity contribution is 0.592. The van der Waals surface area contributed by atoms with E-state index >= 15 is 0 Å². The maximum atomic E-state index is 13.4. The maximum Gasteiger partial charge on any atom is 0.141 e. The number of aromatic nitrogens is 2. The molecule has 3 rings (SSSR count). The van der Waals surface area contributed by atoms with Crippen molar-refractivity contribution in [1.29, 1.82) is 0 Å². The Kier molecular flexibility index (Phi) is 3.94. The lowest BCUT2D eigenvalue weighted by Crippen LogP contribution is -2.22. The first kappa shape index (κ1) is 15.7. The highest BCUT2D eigenvalue weighted by molar-refractivity contribution is 6.30. The summed E-state index contributed by atoms with van der Waals surface area (Å²) in [4.78, 5) is 4.21. The molecule has 0 bridgehead atoms. The largest absolute Gasteiger partial charge is 0.302 e. The van der Waals surface area contributed by atoms with Gasteiger partial charge in [0.05, 0.1) is 17.0 Å². The van der Waals surface area contributed by atoms with E-state index in [1.807, 2.05) is 18.4 Å². The van der Waals surface area contributed by atoms with Crippen LogP contribution in [0.2, 0.25) is 5.02 Å². The van der Waals surface area contributed by atoms with E-state index in [-0.39, 0.29) is 10.8 Å². The summed E-state index contributed by atoms with van der Waals surface area (Å²) in [5.74, 6) is -0.738. The molecule has 3 aromatic rings. The van der Waals surface area contributed by atoms with Gasteiger partial charge in [-0.1, -0.05) is 31.5 Å². The van der Waals surface area contributed by atoms with Gasteiger partial charge < -0.3 is 4.57 Å². The van der Waals surface area contributed by atoms with Crippen molar-refractivity contribution in [3.05, 3.63) is 82.9 Å². The van der Waals surface area contributed by atoms with Crippen LogP contribution >= 0.6 is 11.6 Å². The fourth-order valence-electron chi connectivity index (χ4n) is 2.60. The Bertz CT molecular complexity index is 838. The van der Waals surface area contributed by atoms with Crippen molar-refractivity contribution in [1.82, 2.24) is 9.55 Å². The number of halogens is 3. The quantitative estimate of drug-likeness (QED) is 0.650. The van der Waals surface area contributed by atoms with Crippen LogP contribution in [-0.2, 0) is 5.41 Å². The molecule has 0 N–H and O–H groups in total. The minimum absolute atomic E-state index is 0.0865. The van der Waals surface area contributed by atoms with E-state index < -0.39 is 11.2 Å². The van der Waals surface area contributed by atoms with Crippen LogP contribution in [0.3, 0.4) is 0 Å². The summed E-state index contributed by atoms with van der Waals surface area (Å²) in [5, 5.41) is 0.0865. The van der Waals surface area contributed by atoms with Gasteiger partial charge >= 0.3 is 0 Å². The molecule has 5 heteroatoms. The first-order chi connectivity index (χ1) is 10.9. The third kappa shape index (κ3) is 2.86. The van der Waals surface area contributed by atoms with E-state index in [2.05, 4.69) is 4.98 Å². The maximum absolute atomic E-state index is 13.4. The molecule has 0 saturated heterocycles. The van der Waals surface area contributed by atoms with Crippen LogP contribution in [0.25, 0.3) is 5.69 Å². The van der Waals surface area contributed by atoms with E-state index in [1.54, 1.807) is 36.8 Å². The summed E-state index contributed by atoms with van der Waals surface area (Å²) in [6.07, 6.45) is 3.43. The van der Waals surface area contributed by atoms with Gasteiger partial charge in [-0.25, -0.2) is 13.8 Å². The third-order valence-corrected chi connectivity index (χ3v) is 4.31. The van der Waals surface area contributed by atoms with Gasteiger partial charge in [-0.2, -0.15) is 0 Å². The molecule has 0 fully saturated rings. The first-order valence-corrected chi connectivity index (χ1v) is 7.51. The van der Waals surface area contributed by atoms with Crippen molar-refractivity contribution >= 4 is 11.6 Å². The fourth-order valence-corrected chi connectivity index (χ4v) is 2.78. The Morgan fingerprint density at radius 3 is 2.39 bits per heavy atom. The second kappa shape index (κ2) is 5.78. The molecular formula is C18H15ClF2N2. The second-order valence-electron chi connectivity index (χ2n) is 5.88. The topological polar surface area (TPSA) is 17.8 Å². The molecule has 0 spiro atoms. The number of benzene rings is 2. The predicted octanol–water partition coefficient (Wildman–Crippen LogP) is 5.13. The van der Waals surface area contributed by atoms with Crippen LogP contribution in [0.1, 0.15) is 25.1 Å². The lowest BCUT2D eigenvalue weighted by atomic mass is 9.81. The first-order valence-electron chi connectivity index (χ1n) is 7.14. The lowest BCUT2D eigenvalue weighted by Gasteiger charge is -2.27. The Balaban J connectivity index is 2.09. The Morgan fingerprint density at radius 2 is 1.74 bits per heavy atom. The van der Waals surface area contributed by atoms with Crippen molar-refractivity contribution in [2.75, 3.05) is 0 Å². The number of hydrogen-bond acceptors (Lipinski definition) is 1.